The summed E-state index contributed by atoms with van der Waals surface area (Å²) in [4.78, 5) is 17.6. The van der Waals surface area contributed by atoms with Crippen molar-refractivity contribution >= 4 is 33.4 Å². The summed E-state index contributed by atoms with van der Waals surface area (Å²) in [6.07, 6.45) is 4.91. The quantitative estimate of drug-likeness (QED) is 0.438. The van der Waals surface area contributed by atoms with E-state index in [1.165, 1.54) is 24.5 Å². The Balaban J connectivity index is 1.48. The second-order valence-corrected chi connectivity index (χ2v) is 7.36. The number of rotatable bonds is 7. The molecule has 0 atom stereocenters. The lowest BCUT2D eigenvalue weighted by molar-refractivity contribution is -0.111. The van der Waals surface area contributed by atoms with Crippen molar-refractivity contribution in [2.24, 2.45) is 0 Å². The van der Waals surface area contributed by atoms with Gasteiger partial charge in [-0.25, -0.2) is 9.50 Å². The monoisotopic (exact) mass is 436 g/mol. The lowest BCUT2D eigenvalue weighted by Crippen LogP contribution is -2.07. The van der Waals surface area contributed by atoms with Crippen LogP contribution in [0.4, 0.5) is 5.13 Å². The maximum atomic E-state index is 12.4. The number of nitrogens with one attached hydrogen (secondary N) is 1. The number of carbonyl (C=O) groups is 1. The highest BCUT2D eigenvalue weighted by Crippen LogP contribution is 2.38. The highest BCUT2D eigenvalue weighted by Gasteiger charge is 2.13. The van der Waals surface area contributed by atoms with Crippen molar-refractivity contribution in [1.29, 1.82) is 0 Å². The number of anilines is 1. The zero-order chi connectivity index (χ0) is 21.8. The number of amides is 1. The van der Waals surface area contributed by atoms with E-state index in [-0.39, 0.29) is 5.91 Å². The number of ether oxygens (including phenoxy) is 3. The Hall–Kier alpha value is -3.85. The van der Waals surface area contributed by atoms with Gasteiger partial charge in [-0.1, -0.05) is 41.7 Å². The first-order valence-electron chi connectivity index (χ1n) is 9.32. The predicted molar refractivity (Wildman–Crippen MR) is 120 cm³/mol. The molecule has 1 N–H and O–H groups in total. The molecule has 2 aromatic carbocycles. The SMILES string of the molecule is COc1cc(/C=C/C(=O)Nc2nn3cc(-c4ccccc4)nc3s2)cc(OC)c1OC. The number of methoxy groups -OCH3 is 3. The molecule has 0 aliphatic carbocycles. The van der Waals surface area contributed by atoms with Gasteiger partial charge in [-0.15, -0.1) is 5.10 Å². The van der Waals surface area contributed by atoms with Crippen molar-refractivity contribution in [3.8, 4) is 28.5 Å². The van der Waals surface area contributed by atoms with Crippen LogP contribution in [0, 0.1) is 0 Å². The topological polar surface area (TPSA) is 87.0 Å². The van der Waals surface area contributed by atoms with Crippen molar-refractivity contribution in [3.63, 3.8) is 0 Å². The molecule has 31 heavy (non-hydrogen) atoms. The fourth-order valence-corrected chi connectivity index (χ4v) is 3.80. The third-order valence-electron chi connectivity index (χ3n) is 4.46. The minimum Gasteiger partial charge on any atom is -0.493 e. The Morgan fingerprint density at radius 1 is 1.06 bits per heavy atom. The molecule has 0 unspecified atom stereocenters. The Kier molecular flexibility index (Phi) is 5.85. The third kappa shape index (κ3) is 4.36. The molecular weight excluding hydrogens is 416 g/mol. The van der Waals surface area contributed by atoms with Crippen LogP contribution in [0.15, 0.2) is 54.7 Å². The van der Waals surface area contributed by atoms with Crippen LogP contribution in [0.2, 0.25) is 0 Å². The normalized spacial score (nSPS) is 11.1. The Morgan fingerprint density at radius 3 is 2.39 bits per heavy atom. The van der Waals surface area contributed by atoms with E-state index in [2.05, 4.69) is 15.4 Å². The van der Waals surface area contributed by atoms with Crippen molar-refractivity contribution in [1.82, 2.24) is 14.6 Å². The molecule has 158 valence electrons. The molecule has 0 bridgehead atoms. The molecule has 8 nitrogen and oxygen atoms in total. The molecule has 4 rings (SSSR count). The van der Waals surface area contributed by atoms with E-state index >= 15 is 0 Å². The summed E-state index contributed by atoms with van der Waals surface area (Å²) < 4.78 is 17.6. The van der Waals surface area contributed by atoms with Gasteiger partial charge in [0.2, 0.25) is 21.7 Å². The molecule has 9 heteroatoms. The first-order valence-corrected chi connectivity index (χ1v) is 10.1. The Morgan fingerprint density at radius 2 is 1.77 bits per heavy atom. The lowest BCUT2D eigenvalue weighted by Gasteiger charge is -2.12. The summed E-state index contributed by atoms with van der Waals surface area (Å²) in [5, 5.41) is 7.60. The van der Waals surface area contributed by atoms with Crippen LogP contribution in [-0.4, -0.2) is 41.8 Å². The number of benzene rings is 2. The second-order valence-electron chi connectivity index (χ2n) is 6.41. The summed E-state index contributed by atoms with van der Waals surface area (Å²) in [6, 6.07) is 13.4. The molecule has 0 saturated carbocycles. The van der Waals surface area contributed by atoms with Crippen LogP contribution in [0.5, 0.6) is 17.2 Å². The van der Waals surface area contributed by atoms with Crippen molar-refractivity contribution in [2.45, 2.75) is 0 Å². The third-order valence-corrected chi connectivity index (χ3v) is 5.30. The molecule has 0 saturated heterocycles. The van der Waals surface area contributed by atoms with Crippen molar-refractivity contribution in [2.75, 3.05) is 26.6 Å². The summed E-state index contributed by atoms with van der Waals surface area (Å²) in [7, 11) is 4.62. The van der Waals surface area contributed by atoms with Gasteiger partial charge in [-0.05, 0) is 23.8 Å². The van der Waals surface area contributed by atoms with Gasteiger partial charge in [-0.2, -0.15) is 0 Å². The summed E-state index contributed by atoms with van der Waals surface area (Å²) in [6.45, 7) is 0. The molecule has 0 aliphatic heterocycles. The van der Waals surface area contributed by atoms with E-state index in [9.17, 15) is 4.79 Å². The van der Waals surface area contributed by atoms with Crippen LogP contribution in [0.1, 0.15) is 5.56 Å². The molecule has 2 aromatic heterocycles. The van der Waals surface area contributed by atoms with Gasteiger partial charge < -0.3 is 14.2 Å². The van der Waals surface area contributed by atoms with Crippen LogP contribution in [-0.2, 0) is 4.79 Å². The molecule has 0 aliphatic rings. The van der Waals surface area contributed by atoms with Gasteiger partial charge in [-0.3, -0.25) is 10.1 Å². The Bertz CT molecular complexity index is 1190. The van der Waals surface area contributed by atoms with Crippen LogP contribution < -0.4 is 19.5 Å². The molecular formula is C22H20N4O4S. The predicted octanol–water partition coefficient (Wildman–Crippen LogP) is 4.14. The van der Waals surface area contributed by atoms with Gasteiger partial charge in [0.1, 0.15) is 0 Å². The highest BCUT2D eigenvalue weighted by molar-refractivity contribution is 7.20. The maximum Gasteiger partial charge on any atom is 0.250 e. The van der Waals surface area contributed by atoms with E-state index < -0.39 is 0 Å². The molecule has 0 fully saturated rings. The zero-order valence-corrected chi connectivity index (χ0v) is 18.0. The molecule has 1 amide bonds. The van der Waals surface area contributed by atoms with Crippen molar-refractivity contribution < 1.29 is 19.0 Å². The average Bonchev–Trinajstić information content (AvgIpc) is 3.36. The van der Waals surface area contributed by atoms with Gasteiger partial charge in [0, 0.05) is 11.6 Å². The number of hydrogen-bond donors (Lipinski definition) is 1. The minimum absolute atomic E-state index is 0.311. The number of carbonyl (C=O) groups excluding carboxylic acids is 1. The largest absolute Gasteiger partial charge is 0.493 e. The molecule has 2 heterocycles. The van der Waals surface area contributed by atoms with E-state index in [1.807, 2.05) is 36.5 Å². The van der Waals surface area contributed by atoms with Gasteiger partial charge in [0.25, 0.3) is 0 Å². The van der Waals surface area contributed by atoms with E-state index in [0.29, 0.717) is 27.3 Å². The first-order chi connectivity index (χ1) is 15.1. The maximum absolute atomic E-state index is 12.4. The second kappa shape index (κ2) is 8.88. The van der Waals surface area contributed by atoms with Crippen molar-refractivity contribution in [3.05, 3.63) is 60.3 Å². The van der Waals surface area contributed by atoms with Crippen LogP contribution in [0.3, 0.4) is 0 Å². The summed E-state index contributed by atoms with van der Waals surface area (Å²) in [5.41, 5.74) is 2.57. The number of fused-ring (bicyclic) bond motifs is 1. The smallest absolute Gasteiger partial charge is 0.250 e. The van der Waals surface area contributed by atoms with Gasteiger partial charge >= 0.3 is 0 Å². The van der Waals surface area contributed by atoms with Crippen LogP contribution in [0.25, 0.3) is 22.3 Å². The lowest BCUT2D eigenvalue weighted by atomic mass is 10.1. The Labute approximate surface area is 182 Å². The fraction of sp³-hybridized carbons (Fsp3) is 0.136. The standard InChI is InChI=1S/C22H20N4O4S/c1-28-17-11-14(12-18(29-2)20(17)30-3)9-10-19(27)24-21-25-26-13-16(23-22(26)31-21)15-7-5-4-6-8-15/h4-13H,1-3H3,(H,24,25,27)/b10-9+. The van der Waals surface area contributed by atoms with Gasteiger partial charge in [0.15, 0.2) is 11.5 Å². The highest BCUT2D eigenvalue weighted by atomic mass is 32.1. The van der Waals surface area contributed by atoms with E-state index in [4.69, 9.17) is 14.2 Å². The molecule has 0 radical (unpaired) electrons. The molecule has 0 spiro atoms. The summed E-state index contributed by atoms with van der Waals surface area (Å²) >= 11 is 1.30. The average molecular weight is 436 g/mol. The number of imidazole rings is 1. The fourth-order valence-electron chi connectivity index (χ4n) is 3.02. The van der Waals surface area contributed by atoms with E-state index in [0.717, 1.165) is 16.8 Å². The number of hydrogen-bond acceptors (Lipinski definition) is 7. The molecule has 4 aromatic rings. The van der Waals surface area contributed by atoms with Crippen LogP contribution >= 0.6 is 11.3 Å². The number of aromatic nitrogens is 3. The minimum atomic E-state index is -0.311. The first kappa shape index (κ1) is 20.4. The number of nitrogens with zero attached hydrogens (tertiary/aromatic N) is 3. The zero-order valence-electron chi connectivity index (χ0n) is 17.2. The van der Waals surface area contributed by atoms with E-state index in [1.54, 1.807) is 36.9 Å². The summed E-state index contributed by atoms with van der Waals surface area (Å²) in [5.74, 6) is 1.20. The van der Waals surface area contributed by atoms with Gasteiger partial charge in [0.05, 0.1) is 33.2 Å².